The maximum atomic E-state index is 11.7. The Labute approximate surface area is 149 Å². The molecule has 4 rings (SSSR count). The molecule has 1 spiro atoms. The van der Waals surface area contributed by atoms with Crippen LogP contribution in [0.2, 0.25) is 0 Å². The fourth-order valence-corrected chi connectivity index (χ4v) is 4.58. The summed E-state index contributed by atoms with van der Waals surface area (Å²) in [5, 5.41) is 0. The zero-order valence-electron chi connectivity index (χ0n) is 15.1. The van der Waals surface area contributed by atoms with Crippen LogP contribution >= 0.6 is 0 Å². The number of hydrogen-bond donors (Lipinski definition) is 0. The first kappa shape index (κ1) is 16.3. The van der Waals surface area contributed by atoms with Gasteiger partial charge in [-0.1, -0.05) is 37.3 Å². The van der Waals surface area contributed by atoms with Crippen molar-refractivity contribution in [1.82, 2.24) is 19.4 Å². The molecule has 5 nitrogen and oxygen atoms in total. The van der Waals surface area contributed by atoms with Crippen molar-refractivity contribution in [1.29, 1.82) is 0 Å². The highest BCUT2D eigenvalue weighted by molar-refractivity contribution is 5.73. The van der Waals surface area contributed by atoms with E-state index in [1.165, 1.54) is 17.1 Å². The van der Waals surface area contributed by atoms with E-state index in [0.29, 0.717) is 0 Å². The molecule has 0 N–H and O–H groups in total. The van der Waals surface area contributed by atoms with Gasteiger partial charge in [0, 0.05) is 33.1 Å². The molecule has 3 heterocycles. The molecule has 0 saturated carbocycles. The number of carbonyl (C=O) groups excluding carboxylic acids is 1. The fraction of sp³-hybridized carbons (Fsp3) is 0.500. The Kier molecular flexibility index (Phi) is 4.12. The number of benzene rings is 1. The number of carbonyl (C=O) groups is 1. The summed E-state index contributed by atoms with van der Waals surface area (Å²) in [6.45, 7) is 8.58. The Bertz CT molecular complexity index is 759. The van der Waals surface area contributed by atoms with Crippen LogP contribution in [0.3, 0.4) is 0 Å². The van der Waals surface area contributed by atoms with E-state index >= 15 is 0 Å². The monoisotopic (exact) mass is 338 g/mol. The maximum absolute atomic E-state index is 11.7. The highest BCUT2D eigenvalue weighted by atomic mass is 16.2. The van der Waals surface area contributed by atoms with E-state index in [0.717, 1.165) is 45.6 Å². The number of aromatic nitrogens is 2. The smallest absolute Gasteiger partial charge is 0.219 e. The molecule has 0 unspecified atom stereocenters. The summed E-state index contributed by atoms with van der Waals surface area (Å²) >= 11 is 0. The molecule has 25 heavy (non-hydrogen) atoms. The molecule has 1 fully saturated rings. The van der Waals surface area contributed by atoms with Crippen LogP contribution < -0.4 is 0 Å². The van der Waals surface area contributed by atoms with Gasteiger partial charge in [-0.2, -0.15) is 0 Å². The molecule has 2 aliphatic heterocycles. The summed E-state index contributed by atoms with van der Waals surface area (Å²) in [5.74, 6) is 1.37. The lowest BCUT2D eigenvalue weighted by molar-refractivity contribution is -0.132. The lowest BCUT2D eigenvalue weighted by atomic mass is 9.83. The molecule has 0 aliphatic carbocycles. The van der Waals surface area contributed by atoms with Gasteiger partial charge in [-0.3, -0.25) is 9.69 Å². The zero-order chi connectivity index (χ0) is 17.4. The van der Waals surface area contributed by atoms with Crippen molar-refractivity contribution in [3.8, 4) is 11.3 Å². The quantitative estimate of drug-likeness (QED) is 0.845. The molecular formula is C20H26N4O. The number of nitrogens with zero attached hydrogens (tertiary/aromatic N) is 4. The predicted octanol–water partition coefficient (Wildman–Crippen LogP) is 2.72. The zero-order valence-corrected chi connectivity index (χ0v) is 15.1. The first-order valence-electron chi connectivity index (χ1n) is 9.28. The van der Waals surface area contributed by atoms with E-state index in [-0.39, 0.29) is 11.4 Å². The second-order valence-electron chi connectivity index (χ2n) is 7.10. The number of rotatable bonds is 2. The minimum absolute atomic E-state index is 0.0357. The van der Waals surface area contributed by atoms with Gasteiger partial charge in [0.25, 0.3) is 0 Å². The lowest BCUT2D eigenvalue weighted by Gasteiger charge is -2.50. The Morgan fingerprint density at radius 3 is 2.48 bits per heavy atom. The summed E-state index contributed by atoms with van der Waals surface area (Å²) in [6.07, 6.45) is 3.96. The third-order valence-electron chi connectivity index (χ3n) is 5.96. The summed E-state index contributed by atoms with van der Waals surface area (Å²) in [6, 6.07) is 10.5. The Balaban J connectivity index is 1.74. The minimum atomic E-state index is -0.0357. The van der Waals surface area contributed by atoms with Crippen LogP contribution in [-0.4, -0.2) is 51.4 Å². The molecule has 1 amide bonds. The summed E-state index contributed by atoms with van der Waals surface area (Å²) < 4.78 is 2.41. The van der Waals surface area contributed by atoms with Gasteiger partial charge in [0.2, 0.25) is 5.91 Å². The third-order valence-corrected chi connectivity index (χ3v) is 5.96. The summed E-state index contributed by atoms with van der Waals surface area (Å²) in [4.78, 5) is 21.2. The van der Waals surface area contributed by atoms with Crippen LogP contribution in [0.25, 0.3) is 11.3 Å². The first-order valence-corrected chi connectivity index (χ1v) is 9.28. The highest BCUT2D eigenvalue weighted by Crippen LogP contribution is 2.42. The maximum Gasteiger partial charge on any atom is 0.219 e. The number of amides is 1. The summed E-state index contributed by atoms with van der Waals surface area (Å²) in [7, 11) is 0. The first-order chi connectivity index (χ1) is 12.2. The molecular weight excluding hydrogens is 312 g/mol. The summed E-state index contributed by atoms with van der Waals surface area (Å²) in [5.41, 5.74) is 2.40. The molecule has 132 valence electrons. The van der Waals surface area contributed by atoms with Crippen LogP contribution in [-0.2, 0) is 16.9 Å². The molecule has 0 atom stereocenters. The predicted molar refractivity (Wildman–Crippen MR) is 98.1 cm³/mol. The molecule has 2 aliphatic rings. The number of hydrogen-bond acceptors (Lipinski definition) is 3. The average Bonchev–Trinajstić information content (AvgIpc) is 3.08. The second-order valence-corrected chi connectivity index (χ2v) is 7.10. The molecule has 1 saturated heterocycles. The number of likely N-dealkylation sites (tertiary alicyclic amines) is 1. The molecule has 0 radical (unpaired) electrons. The number of likely N-dealkylation sites (N-methyl/N-ethyl adjacent to an activating group) is 1. The highest BCUT2D eigenvalue weighted by Gasteiger charge is 2.46. The van der Waals surface area contributed by atoms with Crippen LogP contribution in [0.4, 0.5) is 0 Å². The number of imidazole rings is 1. The molecule has 2 aromatic rings. The van der Waals surface area contributed by atoms with E-state index in [9.17, 15) is 4.79 Å². The van der Waals surface area contributed by atoms with Gasteiger partial charge in [0.1, 0.15) is 5.82 Å². The van der Waals surface area contributed by atoms with Gasteiger partial charge in [0.05, 0.1) is 17.4 Å². The molecule has 1 aromatic carbocycles. The van der Waals surface area contributed by atoms with Gasteiger partial charge in [-0.15, -0.1) is 0 Å². The minimum Gasteiger partial charge on any atom is -0.343 e. The number of piperidine rings is 1. The van der Waals surface area contributed by atoms with Crippen LogP contribution in [0.15, 0.2) is 36.5 Å². The van der Waals surface area contributed by atoms with Crippen LogP contribution in [0, 0.1) is 0 Å². The van der Waals surface area contributed by atoms with Gasteiger partial charge in [-0.25, -0.2) is 4.98 Å². The Morgan fingerprint density at radius 1 is 1.12 bits per heavy atom. The largest absolute Gasteiger partial charge is 0.343 e. The van der Waals surface area contributed by atoms with E-state index in [1.807, 2.05) is 11.1 Å². The van der Waals surface area contributed by atoms with Crippen molar-refractivity contribution < 1.29 is 4.79 Å². The average molecular weight is 338 g/mol. The van der Waals surface area contributed by atoms with Crippen molar-refractivity contribution in [3.05, 3.63) is 42.4 Å². The van der Waals surface area contributed by atoms with E-state index in [2.05, 4.69) is 46.7 Å². The Morgan fingerprint density at radius 2 is 1.84 bits per heavy atom. The van der Waals surface area contributed by atoms with E-state index in [4.69, 9.17) is 4.98 Å². The normalized spacial score (nSPS) is 19.8. The SMILES string of the molecule is CCN1CCn2c(-c3ccccc3)cnc2C12CCN(C(C)=O)CC2. The standard InChI is InChI=1S/C20H26N4O/c1-3-23-13-14-24-18(17-7-5-4-6-8-17)15-21-19(24)20(23)9-11-22(12-10-20)16(2)25/h4-8,15H,3,9-14H2,1-2H3. The van der Waals surface area contributed by atoms with Gasteiger partial charge >= 0.3 is 0 Å². The van der Waals surface area contributed by atoms with Gasteiger partial charge < -0.3 is 9.47 Å². The number of fused-ring (bicyclic) bond motifs is 2. The fourth-order valence-electron chi connectivity index (χ4n) is 4.58. The van der Waals surface area contributed by atoms with Crippen molar-refractivity contribution in [2.45, 2.75) is 38.8 Å². The third kappa shape index (κ3) is 2.58. The van der Waals surface area contributed by atoms with Crippen molar-refractivity contribution >= 4 is 5.91 Å². The molecule has 0 bridgehead atoms. The van der Waals surface area contributed by atoms with Crippen molar-refractivity contribution in [2.24, 2.45) is 0 Å². The van der Waals surface area contributed by atoms with E-state index in [1.54, 1.807) is 6.92 Å². The van der Waals surface area contributed by atoms with Gasteiger partial charge in [-0.05, 0) is 24.9 Å². The lowest BCUT2D eigenvalue weighted by Crippen LogP contribution is -2.58. The topological polar surface area (TPSA) is 41.4 Å². The molecule has 5 heteroatoms. The van der Waals surface area contributed by atoms with Crippen LogP contribution in [0.5, 0.6) is 0 Å². The van der Waals surface area contributed by atoms with Crippen molar-refractivity contribution in [3.63, 3.8) is 0 Å². The van der Waals surface area contributed by atoms with E-state index < -0.39 is 0 Å². The van der Waals surface area contributed by atoms with Gasteiger partial charge in [0.15, 0.2) is 0 Å². The van der Waals surface area contributed by atoms with Crippen molar-refractivity contribution in [2.75, 3.05) is 26.2 Å². The molecule has 1 aromatic heterocycles. The van der Waals surface area contributed by atoms with Crippen LogP contribution in [0.1, 0.15) is 32.5 Å². The second kappa shape index (κ2) is 6.30. The Hall–Kier alpha value is -2.14.